The molecule has 0 radical (unpaired) electrons. The van der Waals surface area contributed by atoms with Gasteiger partial charge in [0.25, 0.3) is 5.56 Å². The van der Waals surface area contributed by atoms with E-state index >= 15 is 0 Å². The van der Waals surface area contributed by atoms with Crippen LogP contribution in [0.5, 0.6) is 17.2 Å². The van der Waals surface area contributed by atoms with Crippen molar-refractivity contribution < 1.29 is 23.7 Å². The number of carbonyl (C=O) groups is 1. The van der Waals surface area contributed by atoms with Crippen molar-refractivity contribution in [3.8, 4) is 17.2 Å². The summed E-state index contributed by atoms with van der Waals surface area (Å²) in [6, 6.07) is 12.5. The van der Waals surface area contributed by atoms with Crippen LogP contribution in [-0.4, -0.2) is 38.5 Å². The second-order valence-corrected chi connectivity index (χ2v) is 9.08. The number of thiazole rings is 1. The van der Waals surface area contributed by atoms with Crippen LogP contribution in [0.15, 0.2) is 69.6 Å². The Hall–Kier alpha value is -4.11. The molecule has 1 aliphatic heterocycles. The zero-order valence-electron chi connectivity index (χ0n) is 21.3. The van der Waals surface area contributed by atoms with Crippen molar-refractivity contribution in [2.75, 3.05) is 27.9 Å². The van der Waals surface area contributed by atoms with E-state index in [-0.39, 0.29) is 12.2 Å². The molecule has 0 spiro atoms. The Labute approximate surface area is 218 Å². The maximum Gasteiger partial charge on any atom is 0.338 e. The molecule has 1 unspecified atom stereocenters. The number of rotatable bonds is 8. The largest absolute Gasteiger partial charge is 0.493 e. The van der Waals surface area contributed by atoms with Crippen LogP contribution in [0.1, 0.15) is 31.0 Å². The molecule has 37 heavy (non-hydrogen) atoms. The first-order valence-corrected chi connectivity index (χ1v) is 12.5. The van der Waals surface area contributed by atoms with Crippen LogP contribution in [0.25, 0.3) is 12.2 Å². The van der Waals surface area contributed by atoms with Gasteiger partial charge in [-0.3, -0.25) is 9.36 Å². The van der Waals surface area contributed by atoms with Crippen molar-refractivity contribution in [3.05, 3.63) is 90.6 Å². The molecule has 3 aromatic rings. The summed E-state index contributed by atoms with van der Waals surface area (Å²) >= 11 is 1.25. The predicted octanol–water partition coefficient (Wildman–Crippen LogP) is 3.49. The van der Waals surface area contributed by atoms with E-state index in [0.717, 1.165) is 5.56 Å². The van der Waals surface area contributed by atoms with E-state index in [9.17, 15) is 9.59 Å². The van der Waals surface area contributed by atoms with Gasteiger partial charge in [-0.1, -0.05) is 53.8 Å². The quantitative estimate of drug-likeness (QED) is 0.423. The van der Waals surface area contributed by atoms with Gasteiger partial charge in [-0.2, -0.15) is 0 Å². The fourth-order valence-electron chi connectivity index (χ4n) is 4.12. The van der Waals surface area contributed by atoms with Gasteiger partial charge < -0.3 is 18.9 Å². The number of esters is 1. The molecule has 2 aromatic carbocycles. The van der Waals surface area contributed by atoms with Crippen LogP contribution in [0, 0.1) is 0 Å². The molecule has 9 heteroatoms. The molecule has 0 saturated carbocycles. The van der Waals surface area contributed by atoms with Crippen molar-refractivity contribution >= 4 is 29.5 Å². The highest BCUT2D eigenvalue weighted by Crippen LogP contribution is 2.38. The Morgan fingerprint density at radius 3 is 2.32 bits per heavy atom. The number of hydrogen-bond donors (Lipinski definition) is 0. The zero-order chi connectivity index (χ0) is 26.5. The Bertz CT molecular complexity index is 1520. The zero-order valence-corrected chi connectivity index (χ0v) is 22.1. The number of fused-ring (bicyclic) bond motifs is 1. The Morgan fingerprint density at radius 1 is 1.05 bits per heavy atom. The minimum atomic E-state index is -0.669. The number of ether oxygens (including phenoxy) is 4. The highest BCUT2D eigenvalue weighted by molar-refractivity contribution is 7.07. The summed E-state index contributed by atoms with van der Waals surface area (Å²) < 4.78 is 23.6. The second kappa shape index (κ2) is 11.3. The standard InChI is InChI=1S/C28H28N2O6S/c1-6-36-27(32)24-17(2)29-28-30(20(24)13-12-18-10-8-7-9-11-18)26(31)23(37-28)16-19-14-21(33-3)25(35-5)22(15-19)34-4/h7-16,20H,6H2,1-5H3/b13-12+,23-16?. The molecule has 1 atom stereocenters. The molecule has 1 aliphatic rings. The van der Waals surface area contributed by atoms with E-state index in [1.807, 2.05) is 42.5 Å². The lowest BCUT2D eigenvalue weighted by Gasteiger charge is -2.21. The van der Waals surface area contributed by atoms with Crippen LogP contribution in [0.4, 0.5) is 0 Å². The number of hydrogen-bond acceptors (Lipinski definition) is 8. The maximum atomic E-state index is 13.7. The number of benzene rings is 2. The number of aromatic nitrogens is 1. The SMILES string of the molecule is CCOC(=O)C1=C(C)N=c2sc(=Cc3cc(OC)c(OC)c(OC)c3)c(=O)n2C1/C=C/c1ccccc1. The third-order valence-corrected chi connectivity index (χ3v) is 6.80. The van der Waals surface area contributed by atoms with E-state index in [2.05, 4.69) is 4.99 Å². The Balaban J connectivity index is 1.89. The molecule has 192 valence electrons. The van der Waals surface area contributed by atoms with E-state index in [0.29, 0.717) is 43.4 Å². The lowest BCUT2D eigenvalue weighted by Crippen LogP contribution is -2.38. The van der Waals surface area contributed by atoms with Crippen LogP contribution in [0.3, 0.4) is 0 Å². The van der Waals surface area contributed by atoms with Crippen molar-refractivity contribution in [2.45, 2.75) is 19.9 Å². The summed E-state index contributed by atoms with van der Waals surface area (Å²) in [5.41, 5.74) is 2.22. The topological polar surface area (TPSA) is 88.4 Å². The molecule has 0 bridgehead atoms. The van der Waals surface area contributed by atoms with Gasteiger partial charge in [-0.25, -0.2) is 9.79 Å². The monoisotopic (exact) mass is 520 g/mol. The van der Waals surface area contributed by atoms with Crippen LogP contribution < -0.4 is 29.1 Å². The first kappa shape index (κ1) is 26.0. The third-order valence-electron chi connectivity index (χ3n) is 5.81. The lowest BCUT2D eigenvalue weighted by molar-refractivity contribution is -0.139. The van der Waals surface area contributed by atoms with Gasteiger partial charge >= 0.3 is 5.97 Å². The molecule has 4 rings (SSSR count). The van der Waals surface area contributed by atoms with Gasteiger partial charge in [0.2, 0.25) is 5.75 Å². The molecular formula is C28H28N2O6S. The molecule has 1 aromatic heterocycles. The molecule has 0 fully saturated rings. The summed E-state index contributed by atoms with van der Waals surface area (Å²) in [7, 11) is 4.60. The summed E-state index contributed by atoms with van der Waals surface area (Å²) in [6.45, 7) is 3.72. The number of methoxy groups -OCH3 is 3. The molecule has 0 saturated heterocycles. The van der Waals surface area contributed by atoms with E-state index < -0.39 is 12.0 Å². The van der Waals surface area contributed by atoms with Gasteiger partial charge in [0.05, 0.1) is 49.8 Å². The molecule has 0 N–H and O–H groups in total. The fourth-order valence-corrected chi connectivity index (χ4v) is 5.17. The van der Waals surface area contributed by atoms with Gasteiger partial charge in [-0.15, -0.1) is 0 Å². The molecule has 2 heterocycles. The van der Waals surface area contributed by atoms with Gasteiger partial charge in [0, 0.05) is 0 Å². The molecule has 8 nitrogen and oxygen atoms in total. The summed E-state index contributed by atoms with van der Waals surface area (Å²) in [5, 5.41) is 0. The first-order chi connectivity index (χ1) is 17.9. The maximum absolute atomic E-state index is 13.7. The van der Waals surface area contributed by atoms with Crippen LogP contribution in [0.2, 0.25) is 0 Å². The lowest BCUT2D eigenvalue weighted by atomic mass is 10.0. The molecule has 0 amide bonds. The van der Waals surface area contributed by atoms with Crippen molar-refractivity contribution in [3.63, 3.8) is 0 Å². The normalized spacial score (nSPS) is 15.4. The van der Waals surface area contributed by atoms with Crippen molar-refractivity contribution in [2.24, 2.45) is 4.99 Å². The Morgan fingerprint density at radius 2 is 1.73 bits per heavy atom. The summed E-state index contributed by atoms with van der Waals surface area (Å²) in [5.74, 6) is 0.921. The van der Waals surface area contributed by atoms with E-state index in [4.69, 9.17) is 18.9 Å². The Kier molecular flexibility index (Phi) is 7.93. The first-order valence-electron chi connectivity index (χ1n) is 11.6. The minimum Gasteiger partial charge on any atom is -0.493 e. The summed E-state index contributed by atoms with van der Waals surface area (Å²) in [6.07, 6.45) is 5.47. The fraction of sp³-hybridized carbons (Fsp3) is 0.250. The highest BCUT2D eigenvalue weighted by Gasteiger charge is 2.30. The van der Waals surface area contributed by atoms with E-state index in [1.54, 1.807) is 32.1 Å². The number of allylic oxidation sites excluding steroid dienone is 2. The smallest absolute Gasteiger partial charge is 0.338 e. The van der Waals surface area contributed by atoms with Crippen molar-refractivity contribution in [1.29, 1.82) is 0 Å². The molecular weight excluding hydrogens is 492 g/mol. The van der Waals surface area contributed by atoms with Gasteiger partial charge in [0.1, 0.15) is 0 Å². The average Bonchev–Trinajstić information content (AvgIpc) is 3.21. The van der Waals surface area contributed by atoms with E-state index in [1.165, 1.54) is 37.2 Å². The van der Waals surface area contributed by atoms with Gasteiger partial charge in [-0.05, 0) is 43.2 Å². The average molecular weight is 521 g/mol. The van der Waals surface area contributed by atoms with Crippen LogP contribution in [-0.2, 0) is 9.53 Å². The third kappa shape index (κ3) is 5.22. The highest BCUT2D eigenvalue weighted by atomic mass is 32.1. The molecule has 0 aliphatic carbocycles. The van der Waals surface area contributed by atoms with Gasteiger partial charge in [0.15, 0.2) is 16.3 Å². The van der Waals surface area contributed by atoms with Crippen molar-refractivity contribution in [1.82, 2.24) is 4.57 Å². The number of carbonyl (C=O) groups excluding carboxylic acids is 1. The minimum absolute atomic E-state index is 0.219. The predicted molar refractivity (Wildman–Crippen MR) is 143 cm³/mol. The van der Waals surface area contributed by atoms with Crippen LogP contribution >= 0.6 is 11.3 Å². The second-order valence-electron chi connectivity index (χ2n) is 8.07. The summed E-state index contributed by atoms with van der Waals surface area (Å²) in [4.78, 5) is 31.7. The number of nitrogens with zero attached hydrogens (tertiary/aromatic N) is 2.